The van der Waals surface area contributed by atoms with Gasteiger partial charge in [0.05, 0.1) is 27.9 Å². The topological polar surface area (TPSA) is 69.9 Å². The Bertz CT molecular complexity index is 1500. The molecule has 3 aromatic rings. The molecule has 1 atom stereocenters. The lowest BCUT2D eigenvalue weighted by molar-refractivity contribution is -0.143. The van der Waals surface area contributed by atoms with Crippen LogP contribution >= 0.6 is 23.1 Å². The zero-order chi connectivity index (χ0) is 25.8. The molecule has 0 fully saturated rings. The second kappa shape index (κ2) is 11.1. The number of nitrogens with zero attached hydrogens (tertiary/aromatic N) is 2. The summed E-state index contributed by atoms with van der Waals surface area (Å²) in [7, 11) is 0. The van der Waals surface area contributed by atoms with Gasteiger partial charge in [-0.2, -0.15) is 0 Å². The molecule has 0 N–H and O–H groups in total. The maximum absolute atomic E-state index is 13.8. The lowest BCUT2D eigenvalue weighted by Gasteiger charge is -2.25. The van der Waals surface area contributed by atoms with E-state index in [1.54, 1.807) is 43.2 Å². The van der Waals surface area contributed by atoms with Crippen LogP contribution < -0.4 is 19.6 Å². The predicted octanol–water partition coefficient (Wildman–Crippen LogP) is 4.47. The third-order valence-electron chi connectivity index (χ3n) is 5.58. The number of hydrogen-bond donors (Lipinski definition) is 0. The van der Waals surface area contributed by atoms with Gasteiger partial charge in [-0.3, -0.25) is 9.36 Å². The van der Waals surface area contributed by atoms with Crippen molar-refractivity contribution in [1.29, 1.82) is 0 Å². The monoisotopic (exact) mass is 520 g/mol. The second-order valence-electron chi connectivity index (χ2n) is 8.45. The maximum Gasteiger partial charge on any atom is 0.338 e. The largest absolute Gasteiger partial charge is 0.489 e. The number of ether oxygens (including phenoxy) is 2. The molecule has 4 rings (SSSR count). The highest BCUT2D eigenvalue weighted by molar-refractivity contribution is 7.98. The number of fused-ring (bicyclic) bond motifs is 1. The van der Waals surface area contributed by atoms with Gasteiger partial charge >= 0.3 is 5.97 Å². The summed E-state index contributed by atoms with van der Waals surface area (Å²) in [6.07, 6.45) is 5.19. The fourth-order valence-electron chi connectivity index (χ4n) is 3.98. The van der Waals surface area contributed by atoms with Gasteiger partial charge in [0.15, 0.2) is 4.80 Å². The van der Waals surface area contributed by atoms with Crippen LogP contribution in [0.3, 0.4) is 0 Å². The van der Waals surface area contributed by atoms with Crippen molar-refractivity contribution in [1.82, 2.24) is 4.57 Å². The van der Waals surface area contributed by atoms with Crippen molar-refractivity contribution in [2.24, 2.45) is 4.99 Å². The van der Waals surface area contributed by atoms with E-state index >= 15 is 0 Å². The Morgan fingerprint density at radius 3 is 2.61 bits per heavy atom. The van der Waals surface area contributed by atoms with Gasteiger partial charge in [-0.1, -0.05) is 54.3 Å². The molecule has 8 heteroatoms. The molecule has 0 bridgehead atoms. The highest BCUT2D eigenvalue weighted by atomic mass is 32.2. The number of thiazole rings is 1. The van der Waals surface area contributed by atoms with Crippen LogP contribution in [0.1, 0.15) is 37.9 Å². The molecule has 0 spiro atoms. The third-order valence-corrected chi connectivity index (χ3v) is 7.30. The number of para-hydroxylation sites is 1. The molecule has 1 aromatic heterocycles. The van der Waals surface area contributed by atoms with Gasteiger partial charge in [0, 0.05) is 10.5 Å². The van der Waals surface area contributed by atoms with Crippen molar-refractivity contribution >= 4 is 35.1 Å². The van der Waals surface area contributed by atoms with E-state index in [1.165, 1.54) is 11.3 Å². The molecule has 6 nitrogen and oxygen atoms in total. The summed E-state index contributed by atoms with van der Waals surface area (Å²) >= 11 is 2.92. The highest BCUT2D eigenvalue weighted by Crippen LogP contribution is 2.32. The first kappa shape index (κ1) is 25.7. The first-order valence-electron chi connectivity index (χ1n) is 11.5. The molecule has 2 aromatic carbocycles. The number of carbonyl (C=O) groups is 1. The van der Waals surface area contributed by atoms with Crippen molar-refractivity contribution in [3.8, 4) is 5.75 Å². The number of hydrogen-bond acceptors (Lipinski definition) is 7. The number of rotatable bonds is 8. The summed E-state index contributed by atoms with van der Waals surface area (Å²) in [6.45, 7) is 9.45. The number of allylic oxidation sites excluding steroid dienone is 1. The van der Waals surface area contributed by atoms with Crippen LogP contribution in [0, 0.1) is 0 Å². The summed E-state index contributed by atoms with van der Waals surface area (Å²) < 4.78 is 13.4. The van der Waals surface area contributed by atoms with Gasteiger partial charge in [-0.15, -0.1) is 11.8 Å². The average Bonchev–Trinajstić information content (AvgIpc) is 3.16. The lowest BCUT2D eigenvalue weighted by atomic mass is 9.96. The van der Waals surface area contributed by atoms with E-state index in [0.717, 1.165) is 16.0 Å². The Balaban J connectivity index is 1.91. The van der Waals surface area contributed by atoms with E-state index in [0.29, 0.717) is 33.0 Å². The van der Waals surface area contributed by atoms with Gasteiger partial charge in [-0.25, -0.2) is 9.79 Å². The van der Waals surface area contributed by atoms with E-state index in [-0.39, 0.29) is 11.7 Å². The third kappa shape index (κ3) is 5.24. The van der Waals surface area contributed by atoms with E-state index < -0.39 is 12.0 Å². The molecule has 186 valence electrons. The van der Waals surface area contributed by atoms with Gasteiger partial charge < -0.3 is 9.47 Å². The Kier molecular flexibility index (Phi) is 7.96. The molecule has 2 heterocycles. The SMILES string of the molecule is C=CCOc1ccccc1/C=c1/sc2n(c1=O)[C@@H](c1ccc(SC)cc1)C(C(=O)OC(C)C)=C(C)N=2. The Hall–Kier alpha value is -3.36. The minimum atomic E-state index is -0.641. The van der Waals surface area contributed by atoms with Crippen molar-refractivity contribution in [2.45, 2.75) is 37.8 Å². The van der Waals surface area contributed by atoms with Crippen molar-refractivity contribution < 1.29 is 14.3 Å². The second-order valence-corrected chi connectivity index (χ2v) is 10.3. The Labute approximate surface area is 218 Å². The zero-order valence-corrected chi connectivity index (χ0v) is 22.3. The number of thioether (sulfide) groups is 1. The summed E-state index contributed by atoms with van der Waals surface area (Å²) in [5, 5.41) is 0. The molecule has 0 radical (unpaired) electrons. The minimum absolute atomic E-state index is 0.224. The van der Waals surface area contributed by atoms with Gasteiger partial charge in [-0.05, 0) is 56.9 Å². The van der Waals surface area contributed by atoms with Crippen molar-refractivity contribution in [2.75, 3.05) is 12.9 Å². The zero-order valence-electron chi connectivity index (χ0n) is 20.7. The molecule has 1 aliphatic heterocycles. The van der Waals surface area contributed by atoms with Crippen LogP contribution in [0.4, 0.5) is 0 Å². The van der Waals surface area contributed by atoms with Crippen LogP contribution in [-0.4, -0.2) is 29.5 Å². The molecule has 0 saturated carbocycles. The number of esters is 1. The summed E-state index contributed by atoms with van der Waals surface area (Å²) in [5.74, 6) is 0.187. The molecule has 1 aliphatic rings. The predicted molar refractivity (Wildman–Crippen MR) is 145 cm³/mol. The van der Waals surface area contributed by atoms with Crippen molar-refractivity contribution in [3.05, 3.63) is 103 Å². The summed E-state index contributed by atoms with van der Waals surface area (Å²) in [4.78, 5) is 33.3. The molecule has 36 heavy (non-hydrogen) atoms. The van der Waals surface area contributed by atoms with E-state index in [2.05, 4.69) is 11.6 Å². The highest BCUT2D eigenvalue weighted by Gasteiger charge is 2.33. The molecular formula is C28H28N2O4S2. The Morgan fingerprint density at radius 1 is 1.22 bits per heavy atom. The van der Waals surface area contributed by atoms with E-state index in [9.17, 15) is 9.59 Å². The van der Waals surface area contributed by atoms with Gasteiger partial charge in [0.25, 0.3) is 5.56 Å². The van der Waals surface area contributed by atoms with E-state index in [4.69, 9.17) is 9.47 Å². The molecule has 0 unspecified atom stereocenters. The number of aromatic nitrogens is 1. The van der Waals surface area contributed by atoms with Crippen LogP contribution in [0.2, 0.25) is 0 Å². The fourth-order valence-corrected chi connectivity index (χ4v) is 5.43. The summed E-state index contributed by atoms with van der Waals surface area (Å²) in [5.41, 5.74) is 2.29. The van der Waals surface area contributed by atoms with E-state index in [1.807, 2.05) is 60.9 Å². The quantitative estimate of drug-likeness (QED) is 0.249. The van der Waals surface area contributed by atoms with Crippen LogP contribution in [-0.2, 0) is 9.53 Å². The maximum atomic E-state index is 13.8. The summed E-state index contributed by atoms with van der Waals surface area (Å²) in [6, 6.07) is 14.8. The van der Waals surface area contributed by atoms with Crippen molar-refractivity contribution in [3.63, 3.8) is 0 Å². The average molecular weight is 521 g/mol. The van der Waals surface area contributed by atoms with Gasteiger partial charge in [0.1, 0.15) is 12.4 Å². The van der Waals surface area contributed by atoms with Crippen LogP contribution in [0.25, 0.3) is 6.08 Å². The van der Waals surface area contributed by atoms with Gasteiger partial charge in [0.2, 0.25) is 0 Å². The first-order valence-corrected chi connectivity index (χ1v) is 13.6. The minimum Gasteiger partial charge on any atom is -0.489 e. The molecule has 0 saturated heterocycles. The molecule has 0 amide bonds. The Morgan fingerprint density at radius 2 is 1.94 bits per heavy atom. The molecule has 0 aliphatic carbocycles. The number of carbonyl (C=O) groups excluding carboxylic acids is 1. The van der Waals surface area contributed by atoms with Crippen LogP contribution in [0.15, 0.2) is 87.1 Å². The van der Waals surface area contributed by atoms with Crippen LogP contribution in [0.5, 0.6) is 5.75 Å². The smallest absolute Gasteiger partial charge is 0.338 e. The fraction of sp³-hybridized carbons (Fsp3) is 0.250. The molecular weight excluding hydrogens is 492 g/mol. The standard InChI is InChI=1S/C28H28N2O4S2/c1-6-15-33-22-10-8-7-9-20(22)16-23-26(31)30-25(19-11-13-21(35-5)14-12-19)24(27(32)34-17(2)3)18(4)29-28(30)36-23/h6-14,16-17,25H,1,15H2,2-5H3/b23-16+/t25-/m0/s1. The first-order chi connectivity index (χ1) is 17.3. The normalized spacial score (nSPS) is 15.5. The lowest BCUT2D eigenvalue weighted by Crippen LogP contribution is -2.40. The number of benzene rings is 2.